The molecular weight excluding hydrogens is 510 g/mol. The number of piperazine rings is 2. The van der Waals surface area contributed by atoms with Gasteiger partial charge in [0.15, 0.2) is 0 Å². The lowest BCUT2D eigenvalue weighted by Crippen LogP contribution is -2.50. The molecule has 10 nitrogen and oxygen atoms in total. The fourth-order valence-corrected chi connectivity index (χ4v) is 8.14. The van der Waals surface area contributed by atoms with E-state index in [-0.39, 0.29) is 0 Å². The first-order valence-electron chi connectivity index (χ1n) is 14.2. The number of hydrogen-bond donors (Lipinski definition) is 2. The molecule has 11 heteroatoms. The van der Waals surface area contributed by atoms with Gasteiger partial charge < -0.3 is 25.4 Å². The van der Waals surface area contributed by atoms with Gasteiger partial charge >= 0.3 is 0 Å². The van der Waals surface area contributed by atoms with Crippen LogP contribution in [0.5, 0.6) is 0 Å². The summed E-state index contributed by atoms with van der Waals surface area (Å²) in [4.78, 5) is 18.7. The molecule has 0 bridgehead atoms. The van der Waals surface area contributed by atoms with E-state index >= 15 is 0 Å². The number of rotatable bonds is 4. The molecule has 0 amide bonds. The first kappa shape index (κ1) is 24.8. The number of nitrogen functional groups attached to an aromatic ring is 1. The second-order valence-corrected chi connectivity index (χ2v) is 12.6. The Bertz CT molecular complexity index is 1420. The summed E-state index contributed by atoms with van der Waals surface area (Å²) in [5.74, 6) is 2.02. The normalized spacial score (nSPS) is 25.4. The van der Waals surface area contributed by atoms with E-state index in [4.69, 9.17) is 20.2 Å². The van der Waals surface area contributed by atoms with Crippen LogP contribution < -0.4 is 20.9 Å². The number of fused-ring (bicyclic) bond motifs is 2. The van der Waals surface area contributed by atoms with Crippen molar-refractivity contribution >= 4 is 27.8 Å². The monoisotopic (exact) mass is 545 g/mol. The standard InChI is InChI=1S/C28H35N9OS/c1-28(6-2-5-22-24(28)20(16-29)25(30)39-22)27-33-26(34-38-27)21-14-19(36-10-7-31-8-11-36)15-23(32-21)37-13-12-35-9-3-4-18(35)17-37/h14-15,18,31H,2-13,17,30H2,1H3/t18-,28?/m0/s1. The fourth-order valence-electron chi connectivity index (χ4n) is 6.94. The Morgan fingerprint density at radius 2 is 2.00 bits per heavy atom. The molecule has 39 heavy (non-hydrogen) atoms. The Kier molecular flexibility index (Phi) is 6.21. The molecule has 3 fully saturated rings. The molecule has 1 aliphatic carbocycles. The predicted molar refractivity (Wildman–Crippen MR) is 152 cm³/mol. The van der Waals surface area contributed by atoms with Crippen molar-refractivity contribution in [3.05, 3.63) is 34.0 Å². The lowest BCUT2D eigenvalue weighted by atomic mass is 9.72. The van der Waals surface area contributed by atoms with E-state index in [1.807, 2.05) is 0 Å². The molecule has 0 radical (unpaired) electrons. The van der Waals surface area contributed by atoms with Crippen molar-refractivity contribution in [2.24, 2.45) is 0 Å². The van der Waals surface area contributed by atoms with E-state index in [9.17, 15) is 5.26 Å². The van der Waals surface area contributed by atoms with Crippen molar-refractivity contribution in [2.75, 3.05) is 67.9 Å². The molecule has 3 aromatic rings. The number of nitrogens with zero attached hydrogens (tertiary/aromatic N) is 7. The molecule has 3 aliphatic heterocycles. The van der Waals surface area contributed by atoms with Gasteiger partial charge in [0.25, 0.3) is 0 Å². The Hall–Kier alpha value is -3.20. The third kappa shape index (κ3) is 4.26. The molecule has 2 atom stereocenters. The largest absolute Gasteiger partial charge is 0.389 e. The Morgan fingerprint density at radius 3 is 2.85 bits per heavy atom. The summed E-state index contributed by atoms with van der Waals surface area (Å²) in [6.45, 7) is 10.2. The minimum atomic E-state index is -0.546. The highest BCUT2D eigenvalue weighted by atomic mass is 32.1. The van der Waals surface area contributed by atoms with Crippen molar-refractivity contribution in [1.29, 1.82) is 5.26 Å². The van der Waals surface area contributed by atoms with Gasteiger partial charge in [0.2, 0.25) is 11.7 Å². The fraction of sp³-hybridized carbons (Fsp3) is 0.571. The summed E-state index contributed by atoms with van der Waals surface area (Å²) in [6, 6.07) is 7.28. The molecule has 204 valence electrons. The van der Waals surface area contributed by atoms with Crippen molar-refractivity contribution < 1.29 is 4.52 Å². The number of pyridine rings is 1. The quantitative estimate of drug-likeness (QED) is 0.506. The van der Waals surface area contributed by atoms with Crippen LogP contribution in [0.1, 0.15) is 54.5 Å². The number of hydrogen-bond acceptors (Lipinski definition) is 11. The van der Waals surface area contributed by atoms with Gasteiger partial charge in [-0.2, -0.15) is 10.2 Å². The van der Waals surface area contributed by atoms with Gasteiger partial charge in [-0.3, -0.25) is 4.90 Å². The maximum atomic E-state index is 9.87. The lowest BCUT2D eigenvalue weighted by molar-refractivity contribution is 0.230. The van der Waals surface area contributed by atoms with Crippen LogP contribution in [0.25, 0.3) is 11.5 Å². The summed E-state index contributed by atoms with van der Waals surface area (Å²) in [6.07, 6.45) is 5.28. The van der Waals surface area contributed by atoms with Crippen LogP contribution in [-0.4, -0.2) is 78.4 Å². The number of nitrogens with one attached hydrogen (secondary N) is 1. The maximum Gasteiger partial charge on any atom is 0.237 e. The van der Waals surface area contributed by atoms with Crippen molar-refractivity contribution in [3.63, 3.8) is 0 Å². The van der Waals surface area contributed by atoms with Gasteiger partial charge in [0.1, 0.15) is 22.6 Å². The average molecular weight is 546 g/mol. The highest BCUT2D eigenvalue weighted by Crippen LogP contribution is 2.48. The number of aromatic nitrogens is 3. The first-order chi connectivity index (χ1) is 19.0. The Morgan fingerprint density at radius 1 is 1.13 bits per heavy atom. The van der Waals surface area contributed by atoms with Crippen LogP contribution >= 0.6 is 11.3 Å². The molecule has 1 unspecified atom stereocenters. The van der Waals surface area contributed by atoms with Crippen LogP contribution in [0.4, 0.5) is 16.5 Å². The maximum absolute atomic E-state index is 9.87. The van der Waals surface area contributed by atoms with E-state index in [1.54, 1.807) is 0 Å². The number of anilines is 3. The molecule has 0 aromatic carbocycles. The summed E-state index contributed by atoms with van der Waals surface area (Å²) in [7, 11) is 0. The molecule has 7 rings (SSSR count). The van der Waals surface area contributed by atoms with Crippen molar-refractivity contribution in [3.8, 4) is 17.6 Å². The highest BCUT2D eigenvalue weighted by Gasteiger charge is 2.43. The van der Waals surface area contributed by atoms with Crippen molar-refractivity contribution in [1.82, 2.24) is 25.3 Å². The topological polar surface area (TPSA) is 123 Å². The van der Waals surface area contributed by atoms with Gasteiger partial charge in [0.05, 0.1) is 11.0 Å². The molecule has 4 aliphatic rings. The first-order valence-corrected chi connectivity index (χ1v) is 15.0. The average Bonchev–Trinajstić information content (AvgIpc) is 3.72. The summed E-state index contributed by atoms with van der Waals surface area (Å²) < 4.78 is 5.96. The zero-order valence-corrected chi connectivity index (χ0v) is 23.3. The smallest absolute Gasteiger partial charge is 0.237 e. The van der Waals surface area contributed by atoms with Crippen LogP contribution in [0.3, 0.4) is 0 Å². The number of aryl methyl sites for hydroxylation is 1. The van der Waals surface area contributed by atoms with E-state index in [2.05, 4.69) is 50.3 Å². The molecule has 3 saturated heterocycles. The van der Waals surface area contributed by atoms with Gasteiger partial charge in [0, 0.05) is 74.0 Å². The molecule has 0 spiro atoms. The van der Waals surface area contributed by atoms with Crippen molar-refractivity contribution in [2.45, 2.75) is 50.5 Å². The Labute approximate surface area is 232 Å². The minimum absolute atomic E-state index is 0.498. The third-order valence-corrected chi connectivity index (χ3v) is 10.1. The molecular formula is C28H35N9OS. The predicted octanol–water partition coefficient (Wildman–Crippen LogP) is 2.98. The van der Waals surface area contributed by atoms with Crippen LogP contribution in [0.2, 0.25) is 0 Å². The van der Waals surface area contributed by atoms with E-state index in [0.717, 1.165) is 92.7 Å². The van der Waals surface area contributed by atoms with E-state index in [0.29, 0.717) is 28.3 Å². The van der Waals surface area contributed by atoms with E-state index in [1.165, 1.54) is 30.7 Å². The molecule has 0 saturated carbocycles. The SMILES string of the molecule is CC1(c2nc(-c3cc(N4CCNCC4)cc(N4CCN5CCC[C@H]5C4)n3)no2)CCCc2sc(N)c(C#N)c21. The number of nitriles is 1. The van der Waals surface area contributed by atoms with E-state index < -0.39 is 5.41 Å². The third-order valence-electron chi connectivity index (χ3n) is 9.07. The highest BCUT2D eigenvalue weighted by molar-refractivity contribution is 7.16. The molecule has 6 heterocycles. The zero-order chi connectivity index (χ0) is 26.6. The van der Waals surface area contributed by atoms with Crippen LogP contribution in [0.15, 0.2) is 16.7 Å². The second-order valence-electron chi connectivity index (χ2n) is 11.4. The van der Waals surface area contributed by atoms with Crippen LogP contribution in [-0.2, 0) is 11.8 Å². The van der Waals surface area contributed by atoms with Crippen LogP contribution in [0, 0.1) is 11.3 Å². The number of nitrogens with two attached hydrogens (primary N) is 1. The minimum Gasteiger partial charge on any atom is -0.389 e. The lowest BCUT2D eigenvalue weighted by Gasteiger charge is -2.38. The summed E-state index contributed by atoms with van der Waals surface area (Å²) in [5, 5.41) is 18.4. The number of thiophene rings is 1. The summed E-state index contributed by atoms with van der Waals surface area (Å²) >= 11 is 1.52. The van der Waals surface area contributed by atoms with Gasteiger partial charge in [-0.1, -0.05) is 5.16 Å². The molecule has 3 N–H and O–H groups in total. The van der Waals surface area contributed by atoms with Gasteiger partial charge in [-0.05, 0) is 51.6 Å². The van der Waals surface area contributed by atoms with Gasteiger partial charge in [-0.25, -0.2) is 4.98 Å². The Balaban J connectivity index is 1.26. The second kappa shape index (κ2) is 9.77. The van der Waals surface area contributed by atoms with Gasteiger partial charge in [-0.15, -0.1) is 11.3 Å². The summed E-state index contributed by atoms with van der Waals surface area (Å²) in [5.41, 5.74) is 9.10. The molecule has 3 aromatic heterocycles. The zero-order valence-electron chi connectivity index (χ0n) is 22.4.